The van der Waals surface area contributed by atoms with Crippen LogP contribution in [0.2, 0.25) is 0 Å². The summed E-state index contributed by atoms with van der Waals surface area (Å²) in [6.45, 7) is 0. The normalized spacial score (nSPS) is 11.8. The number of thioether (sulfide) groups is 1. The zero-order chi connectivity index (χ0) is 14.4. The Hall–Kier alpha value is -1.79. The van der Waals surface area contributed by atoms with Crippen LogP contribution in [0.1, 0.15) is 11.6 Å². The number of nitrogens with one attached hydrogen (secondary N) is 1. The molecule has 0 fully saturated rings. The van der Waals surface area contributed by atoms with Crippen molar-refractivity contribution < 1.29 is 14.7 Å². The number of carboxylic acids is 1. The Morgan fingerprint density at radius 3 is 2.55 bits per heavy atom. The Balaban J connectivity index is 1.95. The van der Waals surface area contributed by atoms with Gasteiger partial charge in [0.15, 0.2) is 6.04 Å². The lowest BCUT2D eigenvalue weighted by Gasteiger charge is -2.14. The van der Waals surface area contributed by atoms with Crippen LogP contribution in [-0.2, 0) is 9.59 Å². The summed E-state index contributed by atoms with van der Waals surface area (Å²) in [4.78, 5) is 23.1. The Labute approximate surface area is 124 Å². The number of benzene rings is 1. The monoisotopic (exact) mass is 307 g/mol. The van der Waals surface area contributed by atoms with Gasteiger partial charge in [0.1, 0.15) is 0 Å². The van der Waals surface area contributed by atoms with E-state index >= 15 is 0 Å². The summed E-state index contributed by atoms with van der Waals surface area (Å²) >= 11 is 2.95. The molecule has 0 aliphatic rings. The molecule has 0 bridgehead atoms. The summed E-state index contributed by atoms with van der Waals surface area (Å²) < 4.78 is 1.03. The lowest BCUT2D eigenvalue weighted by atomic mass is 10.1. The molecule has 4 nitrogen and oxygen atoms in total. The Kier molecular flexibility index (Phi) is 5.20. The van der Waals surface area contributed by atoms with Crippen LogP contribution in [0.3, 0.4) is 0 Å². The minimum atomic E-state index is -1.06. The van der Waals surface area contributed by atoms with Crippen LogP contribution in [0.5, 0.6) is 0 Å². The number of hydrogen-bond donors (Lipinski definition) is 2. The molecule has 0 unspecified atom stereocenters. The van der Waals surface area contributed by atoms with Gasteiger partial charge < -0.3 is 10.4 Å². The summed E-state index contributed by atoms with van der Waals surface area (Å²) in [6, 6.07) is 11.5. The highest BCUT2D eigenvalue weighted by atomic mass is 32.2. The summed E-state index contributed by atoms with van der Waals surface area (Å²) in [5, 5.41) is 13.7. The fourth-order valence-electron chi connectivity index (χ4n) is 1.62. The Morgan fingerprint density at radius 2 is 1.95 bits per heavy atom. The van der Waals surface area contributed by atoms with Gasteiger partial charge in [-0.2, -0.15) is 0 Å². The number of rotatable bonds is 6. The second-order valence-corrected chi connectivity index (χ2v) is 6.19. The minimum absolute atomic E-state index is 0.205. The van der Waals surface area contributed by atoms with E-state index in [9.17, 15) is 14.7 Å². The maximum atomic E-state index is 11.8. The van der Waals surface area contributed by atoms with Crippen molar-refractivity contribution in [3.8, 4) is 0 Å². The quantitative estimate of drug-likeness (QED) is 0.805. The van der Waals surface area contributed by atoms with Crippen molar-refractivity contribution in [1.29, 1.82) is 0 Å². The molecule has 0 radical (unpaired) electrons. The van der Waals surface area contributed by atoms with E-state index in [4.69, 9.17) is 0 Å². The van der Waals surface area contributed by atoms with E-state index in [1.165, 1.54) is 11.8 Å². The molecule has 0 spiro atoms. The molecule has 1 amide bonds. The van der Waals surface area contributed by atoms with Gasteiger partial charge >= 0.3 is 5.97 Å². The Morgan fingerprint density at radius 1 is 1.20 bits per heavy atom. The largest absolute Gasteiger partial charge is 0.479 e. The predicted octanol–water partition coefficient (Wildman–Crippen LogP) is 2.78. The third kappa shape index (κ3) is 4.11. The number of carboxylic acid groups (broad SMARTS) is 1. The number of carbonyl (C=O) groups is 2. The molecule has 104 valence electrons. The summed E-state index contributed by atoms with van der Waals surface area (Å²) in [6.07, 6.45) is 0. The summed E-state index contributed by atoms with van der Waals surface area (Å²) in [5.41, 5.74) is 0.564. The highest BCUT2D eigenvalue weighted by molar-refractivity contribution is 8.01. The van der Waals surface area contributed by atoms with E-state index in [1.54, 1.807) is 41.7 Å². The summed E-state index contributed by atoms with van der Waals surface area (Å²) in [5.74, 6) is -1.15. The van der Waals surface area contributed by atoms with Crippen molar-refractivity contribution in [2.75, 3.05) is 5.75 Å². The van der Waals surface area contributed by atoms with Gasteiger partial charge in [0, 0.05) is 0 Å². The first-order valence-corrected chi connectivity index (χ1v) is 7.77. The lowest BCUT2D eigenvalue weighted by molar-refractivity contribution is -0.141. The third-order valence-electron chi connectivity index (χ3n) is 2.53. The molecule has 1 atom stereocenters. The van der Waals surface area contributed by atoms with Gasteiger partial charge in [-0.15, -0.1) is 23.1 Å². The van der Waals surface area contributed by atoms with Crippen molar-refractivity contribution in [3.05, 3.63) is 53.4 Å². The second-order valence-electron chi connectivity index (χ2n) is 3.97. The molecule has 0 aliphatic heterocycles. The van der Waals surface area contributed by atoms with Crippen LogP contribution in [0.25, 0.3) is 0 Å². The van der Waals surface area contributed by atoms with Gasteiger partial charge in [0.05, 0.1) is 9.96 Å². The molecule has 2 rings (SSSR count). The average Bonchev–Trinajstić information content (AvgIpc) is 2.96. The predicted molar refractivity (Wildman–Crippen MR) is 80.0 cm³/mol. The Bertz CT molecular complexity index is 569. The third-order valence-corrected chi connectivity index (χ3v) is 4.66. The van der Waals surface area contributed by atoms with E-state index < -0.39 is 12.0 Å². The molecule has 1 aromatic heterocycles. The standard InChI is InChI=1S/C14H13NO3S2/c16-11(9-20-12-7-4-8-19-12)15-13(14(17)18)10-5-2-1-3-6-10/h1-8,13H,9H2,(H,15,16)(H,17,18)/t13-/m1/s1. The van der Waals surface area contributed by atoms with Crippen molar-refractivity contribution in [2.45, 2.75) is 10.3 Å². The molecule has 0 saturated heterocycles. The van der Waals surface area contributed by atoms with Crippen LogP contribution in [0, 0.1) is 0 Å². The zero-order valence-corrected chi connectivity index (χ0v) is 12.1. The fraction of sp³-hybridized carbons (Fsp3) is 0.143. The van der Waals surface area contributed by atoms with Crippen molar-refractivity contribution in [3.63, 3.8) is 0 Å². The van der Waals surface area contributed by atoms with E-state index in [0.29, 0.717) is 5.56 Å². The van der Waals surface area contributed by atoms with E-state index in [2.05, 4.69) is 5.32 Å². The van der Waals surface area contributed by atoms with Gasteiger partial charge in [0.25, 0.3) is 0 Å². The molecule has 1 heterocycles. The van der Waals surface area contributed by atoms with Gasteiger partial charge in [-0.25, -0.2) is 4.79 Å². The maximum Gasteiger partial charge on any atom is 0.330 e. The van der Waals surface area contributed by atoms with E-state index in [1.807, 2.05) is 17.5 Å². The highest BCUT2D eigenvalue weighted by Crippen LogP contribution is 2.23. The lowest BCUT2D eigenvalue weighted by Crippen LogP contribution is -2.34. The number of thiophene rings is 1. The molecular formula is C14H13NO3S2. The number of carbonyl (C=O) groups excluding carboxylic acids is 1. The maximum absolute atomic E-state index is 11.8. The van der Waals surface area contributed by atoms with Gasteiger partial charge in [-0.05, 0) is 17.0 Å². The fourth-order valence-corrected chi connectivity index (χ4v) is 3.21. The van der Waals surface area contributed by atoms with Crippen LogP contribution in [-0.4, -0.2) is 22.7 Å². The SMILES string of the molecule is O=C(CSc1cccs1)N[C@@H](C(=O)O)c1ccccc1. The smallest absolute Gasteiger partial charge is 0.330 e. The van der Waals surface area contributed by atoms with Crippen molar-refractivity contribution in [2.24, 2.45) is 0 Å². The van der Waals surface area contributed by atoms with Crippen LogP contribution in [0.15, 0.2) is 52.1 Å². The average molecular weight is 307 g/mol. The number of amides is 1. The molecule has 20 heavy (non-hydrogen) atoms. The molecule has 0 saturated carbocycles. The van der Waals surface area contributed by atoms with Gasteiger partial charge in [0.2, 0.25) is 5.91 Å². The zero-order valence-electron chi connectivity index (χ0n) is 10.5. The first-order chi connectivity index (χ1) is 9.66. The molecule has 6 heteroatoms. The topological polar surface area (TPSA) is 66.4 Å². The van der Waals surface area contributed by atoms with Crippen LogP contribution in [0.4, 0.5) is 0 Å². The molecular weight excluding hydrogens is 294 g/mol. The first kappa shape index (κ1) is 14.6. The van der Waals surface area contributed by atoms with E-state index in [-0.39, 0.29) is 11.7 Å². The van der Waals surface area contributed by atoms with Crippen molar-refractivity contribution in [1.82, 2.24) is 5.32 Å². The molecule has 0 aliphatic carbocycles. The van der Waals surface area contributed by atoms with E-state index in [0.717, 1.165) is 4.21 Å². The van der Waals surface area contributed by atoms with Gasteiger partial charge in [-0.3, -0.25) is 4.79 Å². The van der Waals surface area contributed by atoms with Crippen LogP contribution < -0.4 is 5.32 Å². The molecule has 2 aromatic rings. The number of hydrogen-bond acceptors (Lipinski definition) is 4. The minimum Gasteiger partial charge on any atom is -0.479 e. The van der Waals surface area contributed by atoms with Crippen LogP contribution >= 0.6 is 23.1 Å². The molecule has 2 N–H and O–H groups in total. The molecule has 1 aromatic carbocycles. The van der Waals surface area contributed by atoms with Gasteiger partial charge in [-0.1, -0.05) is 36.4 Å². The highest BCUT2D eigenvalue weighted by Gasteiger charge is 2.21. The first-order valence-electron chi connectivity index (χ1n) is 5.90. The number of aliphatic carboxylic acids is 1. The van der Waals surface area contributed by atoms with Crippen molar-refractivity contribution >= 4 is 35.0 Å². The second kappa shape index (κ2) is 7.12. The summed E-state index contributed by atoms with van der Waals surface area (Å²) in [7, 11) is 0.